The number of benzene rings is 1. The van der Waals surface area contributed by atoms with Gasteiger partial charge in [-0.1, -0.05) is 17.3 Å². The largest absolute Gasteiger partial charge is 0.345 e. The van der Waals surface area contributed by atoms with Crippen LogP contribution >= 0.6 is 0 Å². The van der Waals surface area contributed by atoms with Gasteiger partial charge >= 0.3 is 6.61 Å². The number of para-hydroxylation sites is 1. The predicted octanol–water partition coefficient (Wildman–Crippen LogP) is 1.33. The molecule has 0 aliphatic carbocycles. The van der Waals surface area contributed by atoms with Crippen molar-refractivity contribution in [3.63, 3.8) is 0 Å². The average molecular weight is 294 g/mol. The van der Waals surface area contributed by atoms with E-state index in [1.54, 1.807) is 30.5 Å². The van der Waals surface area contributed by atoms with Gasteiger partial charge in [0.15, 0.2) is 0 Å². The Hall–Kier alpha value is -2.35. The van der Waals surface area contributed by atoms with Crippen molar-refractivity contribution < 1.29 is 18.3 Å². The zero-order valence-corrected chi connectivity index (χ0v) is 10.9. The van der Waals surface area contributed by atoms with Crippen LogP contribution in [0.4, 0.5) is 8.78 Å². The number of carbonyl (C=O) groups excluding carboxylic acids is 1. The molecule has 1 aromatic heterocycles. The van der Waals surface area contributed by atoms with Gasteiger partial charge in [0.1, 0.15) is 0 Å². The number of hydrogen-bond donors (Lipinski definition) is 0. The van der Waals surface area contributed by atoms with Gasteiger partial charge in [-0.3, -0.25) is 4.79 Å². The Balaban J connectivity index is 1.75. The molecule has 0 saturated carbocycles. The van der Waals surface area contributed by atoms with E-state index in [2.05, 4.69) is 15.0 Å². The summed E-state index contributed by atoms with van der Waals surface area (Å²) in [6.07, 6.45) is 2.54. The molecule has 110 valence electrons. The Labute approximate surface area is 118 Å². The first-order valence-electron chi connectivity index (χ1n) is 6.34. The number of alkyl halides is 2. The molecule has 1 fully saturated rings. The Morgan fingerprint density at radius 2 is 2.10 bits per heavy atom. The fourth-order valence-electron chi connectivity index (χ4n) is 2.20. The number of ether oxygens (including phenoxy) is 1. The van der Waals surface area contributed by atoms with Crippen molar-refractivity contribution in [2.45, 2.75) is 12.7 Å². The minimum absolute atomic E-state index is 0.162. The summed E-state index contributed by atoms with van der Waals surface area (Å²) in [5.74, 6) is -0.241. The van der Waals surface area contributed by atoms with Crippen LogP contribution in [0.1, 0.15) is 10.4 Å². The molecular formula is C13H12F2N4O2. The summed E-state index contributed by atoms with van der Waals surface area (Å²) < 4.78 is 30.0. The van der Waals surface area contributed by atoms with Gasteiger partial charge in [-0.05, 0) is 12.1 Å². The second-order valence-corrected chi connectivity index (χ2v) is 4.59. The second-order valence-electron chi connectivity index (χ2n) is 4.59. The van der Waals surface area contributed by atoms with Crippen molar-refractivity contribution in [1.82, 2.24) is 19.9 Å². The summed E-state index contributed by atoms with van der Waals surface area (Å²) in [6, 6.07) is 6.93. The molecule has 21 heavy (non-hydrogen) atoms. The van der Waals surface area contributed by atoms with E-state index in [0.717, 1.165) is 0 Å². The third-order valence-electron chi connectivity index (χ3n) is 3.23. The maximum Gasteiger partial charge on any atom is 0.345 e. The highest BCUT2D eigenvalue weighted by Gasteiger charge is 2.34. The normalized spacial score (nSPS) is 15.3. The number of likely N-dealkylation sites (tertiary alicyclic amines) is 1. The number of nitrogens with zero attached hydrogens (tertiary/aromatic N) is 4. The van der Waals surface area contributed by atoms with Crippen molar-refractivity contribution in [3.8, 4) is 5.69 Å². The smallest absolute Gasteiger partial charge is 0.333 e. The van der Waals surface area contributed by atoms with E-state index >= 15 is 0 Å². The fourth-order valence-corrected chi connectivity index (χ4v) is 2.20. The third-order valence-corrected chi connectivity index (χ3v) is 3.23. The first-order chi connectivity index (χ1) is 10.1. The topological polar surface area (TPSA) is 60.2 Å². The van der Waals surface area contributed by atoms with Crippen molar-refractivity contribution in [2.24, 2.45) is 0 Å². The van der Waals surface area contributed by atoms with E-state index < -0.39 is 12.7 Å². The Morgan fingerprint density at radius 1 is 1.33 bits per heavy atom. The zero-order chi connectivity index (χ0) is 14.8. The van der Waals surface area contributed by atoms with Crippen LogP contribution in [-0.4, -0.2) is 51.6 Å². The molecule has 1 saturated heterocycles. The van der Waals surface area contributed by atoms with Crippen molar-refractivity contribution in [1.29, 1.82) is 0 Å². The minimum atomic E-state index is -2.81. The lowest BCUT2D eigenvalue weighted by atomic mass is 10.1. The Bertz CT molecular complexity index is 627. The third kappa shape index (κ3) is 2.75. The summed E-state index contributed by atoms with van der Waals surface area (Å²) in [5, 5.41) is 7.57. The van der Waals surface area contributed by atoms with Crippen LogP contribution in [-0.2, 0) is 4.74 Å². The highest BCUT2D eigenvalue weighted by atomic mass is 19.3. The summed E-state index contributed by atoms with van der Waals surface area (Å²) >= 11 is 0. The number of amides is 1. The molecule has 0 unspecified atom stereocenters. The van der Waals surface area contributed by atoms with Gasteiger partial charge in [-0.2, -0.15) is 8.78 Å². The van der Waals surface area contributed by atoms with Crippen LogP contribution in [0.5, 0.6) is 0 Å². The van der Waals surface area contributed by atoms with Crippen LogP contribution in [0.25, 0.3) is 5.69 Å². The molecular weight excluding hydrogens is 282 g/mol. The SMILES string of the molecule is O=C(c1ccccc1-n1ccnn1)N1CC(OC(F)F)C1. The Kier molecular flexibility index (Phi) is 3.61. The average Bonchev–Trinajstić information content (AvgIpc) is 2.95. The summed E-state index contributed by atoms with van der Waals surface area (Å²) in [4.78, 5) is 13.9. The van der Waals surface area contributed by atoms with E-state index in [1.165, 1.54) is 15.8 Å². The molecule has 1 aliphatic rings. The molecule has 0 N–H and O–H groups in total. The molecule has 1 aliphatic heterocycles. The number of halogens is 2. The molecule has 2 aromatic rings. The molecule has 2 heterocycles. The minimum Gasteiger partial charge on any atom is -0.333 e. The lowest BCUT2D eigenvalue weighted by molar-refractivity contribution is -0.189. The fraction of sp³-hybridized carbons (Fsp3) is 0.308. The molecule has 3 rings (SSSR count). The molecule has 1 aromatic carbocycles. The van der Waals surface area contributed by atoms with Gasteiger partial charge in [0.25, 0.3) is 5.91 Å². The predicted molar refractivity (Wildman–Crippen MR) is 68.1 cm³/mol. The van der Waals surface area contributed by atoms with Gasteiger partial charge in [-0.15, -0.1) is 5.10 Å². The quantitative estimate of drug-likeness (QED) is 0.853. The second kappa shape index (κ2) is 5.57. The highest BCUT2D eigenvalue weighted by Crippen LogP contribution is 2.21. The standard InChI is InChI=1S/C13H12F2N4O2/c14-13(15)21-9-7-18(8-9)12(20)10-3-1-2-4-11(10)19-6-5-16-17-19/h1-6,9,13H,7-8H2. The number of aromatic nitrogens is 3. The van der Waals surface area contributed by atoms with Gasteiger partial charge < -0.3 is 9.64 Å². The lowest BCUT2D eigenvalue weighted by Gasteiger charge is -2.38. The van der Waals surface area contributed by atoms with Gasteiger partial charge in [0.05, 0.1) is 29.7 Å². The molecule has 0 atom stereocenters. The van der Waals surface area contributed by atoms with Crippen LogP contribution in [0.3, 0.4) is 0 Å². The molecule has 6 nitrogen and oxygen atoms in total. The first kappa shape index (κ1) is 13.6. The number of carbonyl (C=O) groups is 1. The van der Waals surface area contributed by atoms with Gasteiger partial charge in [0.2, 0.25) is 0 Å². The van der Waals surface area contributed by atoms with E-state index in [1.807, 2.05) is 0 Å². The van der Waals surface area contributed by atoms with Gasteiger partial charge in [0, 0.05) is 13.1 Å². The monoisotopic (exact) mass is 294 g/mol. The Morgan fingerprint density at radius 3 is 2.76 bits per heavy atom. The molecule has 0 bridgehead atoms. The van der Waals surface area contributed by atoms with E-state index in [-0.39, 0.29) is 19.0 Å². The van der Waals surface area contributed by atoms with Crippen LogP contribution in [0.15, 0.2) is 36.7 Å². The summed E-state index contributed by atoms with van der Waals surface area (Å²) in [6.45, 7) is -2.49. The lowest BCUT2D eigenvalue weighted by Crippen LogP contribution is -2.55. The molecule has 0 spiro atoms. The number of hydrogen-bond acceptors (Lipinski definition) is 4. The molecule has 1 amide bonds. The number of rotatable bonds is 4. The highest BCUT2D eigenvalue weighted by molar-refractivity contribution is 5.98. The first-order valence-corrected chi connectivity index (χ1v) is 6.34. The summed E-state index contributed by atoms with van der Waals surface area (Å²) in [5.41, 5.74) is 1.04. The van der Waals surface area contributed by atoms with Crippen molar-refractivity contribution in [3.05, 3.63) is 42.2 Å². The van der Waals surface area contributed by atoms with E-state index in [4.69, 9.17) is 0 Å². The maximum absolute atomic E-state index is 12.4. The van der Waals surface area contributed by atoms with Crippen LogP contribution in [0, 0.1) is 0 Å². The van der Waals surface area contributed by atoms with E-state index in [9.17, 15) is 13.6 Å². The molecule has 8 heteroatoms. The van der Waals surface area contributed by atoms with Crippen LogP contribution in [0.2, 0.25) is 0 Å². The maximum atomic E-state index is 12.4. The van der Waals surface area contributed by atoms with Crippen molar-refractivity contribution >= 4 is 5.91 Å². The molecule has 0 radical (unpaired) electrons. The summed E-state index contributed by atoms with van der Waals surface area (Å²) in [7, 11) is 0. The van der Waals surface area contributed by atoms with E-state index in [0.29, 0.717) is 11.3 Å². The van der Waals surface area contributed by atoms with Crippen molar-refractivity contribution in [2.75, 3.05) is 13.1 Å². The van der Waals surface area contributed by atoms with Gasteiger partial charge in [-0.25, -0.2) is 4.68 Å². The zero-order valence-electron chi connectivity index (χ0n) is 10.9. The van der Waals surface area contributed by atoms with Crippen LogP contribution < -0.4 is 0 Å².